The zero-order valence-corrected chi connectivity index (χ0v) is 11.2. The van der Waals surface area contributed by atoms with Crippen LogP contribution < -0.4 is 5.32 Å². The lowest BCUT2D eigenvalue weighted by molar-refractivity contribution is 0.101. The molecule has 3 nitrogen and oxygen atoms in total. The van der Waals surface area contributed by atoms with Gasteiger partial charge in [-0.05, 0) is 18.1 Å². The van der Waals surface area contributed by atoms with Gasteiger partial charge in [0.15, 0.2) is 0 Å². The average Bonchev–Trinajstić information content (AvgIpc) is 2.78. The standard InChI is InChI=1S/C14H25NO2/c1-4-11(5-2)14(16)10-15-9-13-8-7-12(6-3)17-13/h7-8,11,14-16H,4-6,9-10H2,1-3H3. The van der Waals surface area contributed by atoms with Crippen LogP contribution in [0.15, 0.2) is 16.5 Å². The Morgan fingerprint density at radius 1 is 1.18 bits per heavy atom. The van der Waals surface area contributed by atoms with Gasteiger partial charge in [-0.2, -0.15) is 0 Å². The Kier molecular flexibility index (Phi) is 6.30. The van der Waals surface area contributed by atoms with Crippen molar-refractivity contribution in [1.82, 2.24) is 5.32 Å². The van der Waals surface area contributed by atoms with E-state index in [1.54, 1.807) is 0 Å². The normalized spacial score (nSPS) is 13.2. The van der Waals surface area contributed by atoms with Crippen molar-refractivity contribution in [3.05, 3.63) is 23.7 Å². The molecule has 98 valence electrons. The van der Waals surface area contributed by atoms with Gasteiger partial charge in [0.2, 0.25) is 0 Å². The number of aryl methyl sites for hydroxylation is 1. The number of rotatable bonds is 8. The van der Waals surface area contributed by atoms with Crippen LogP contribution in [0.4, 0.5) is 0 Å². The minimum atomic E-state index is -0.259. The molecule has 0 saturated heterocycles. The molecule has 1 rings (SSSR count). The SMILES string of the molecule is CCc1ccc(CNCC(O)C(CC)CC)o1. The fourth-order valence-corrected chi connectivity index (χ4v) is 2.05. The smallest absolute Gasteiger partial charge is 0.117 e. The van der Waals surface area contributed by atoms with Gasteiger partial charge in [0, 0.05) is 13.0 Å². The predicted octanol–water partition coefficient (Wildman–Crippen LogP) is 2.73. The van der Waals surface area contributed by atoms with Gasteiger partial charge in [-0.1, -0.05) is 33.6 Å². The Labute approximate surface area is 104 Å². The molecule has 0 aliphatic heterocycles. The van der Waals surface area contributed by atoms with Gasteiger partial charge < -0.3 is 14.8 Å². The van der Waals surface area contributed by atoms with Crippen molar-refractivity contribution < 1.29 is 9.52 Å². The van der Waals surface area contributed by atoms with Crippen molar-refractivity contribution in [3.8, 4) is 0 Å². The first-order valence-corrected chi connectivity index (χ1v) is 6.67. The van der Waals surface area contributed by atoms with Crippen molar-refractivity contribution in [1.29, 1.82) is 0 Å². The van der Waals surface area contributed by atoms with Crippen molar-refractivity contribution >= 4 is 0 Å². The molecule has 3 heteroatoms. The van der Waals surface area contributed by atoms with Gasteiger partial charge in [0.05, 0.1) is 12.6 Å². The van der Waals surface area contributed by atoms with Crippen LogP contribution >= 0.6 is 0 Å². The fourth-order valence-electron chi connectivity index (χ4n) is 2.05. The van der Waals surface area contributed by atoms with Crippen LogP contribution in [-0.2, 0) is 13.0 Å². The van der Waals surface area contributed by atoms with E-state index in [0.717, 1.165) is 30.8 Å². The molecule has 0 saturated carbocycles. The van der Waals surface area contributed by atoms with E-state index in [-0.39, 0.29) is 6.10 Å². The number of hydrogen-bond acceptors (Lipinski definition) is 3. The highest BCUT2D eigenvalue weighted by Crippen LogP contribution is 2.13. The monoisotopic (exact) mass is 239 g/mol. The van der Waals surface area contributed by atoms with Crippen molar-refractivity contribution in [3.63, 3.8) is 0 Å². The summed E-state index contributed by atoms with van der Waals surface area (Å²) in [7, 11) is 0. The number of furan rings is 1. The fraction of sp³-hybridized carbons (Fsp3) is 0.714. The molecule has 0 radical (unpaired) electrons. The molecule has 0 aliphatic carbocycles. The molecule has 2 N–H and O–H groups in total. The lowest BCUT2D eigenvalue weighted by atomic mass is 9.96. The highest BCUT2D eigenvalue weighted by atomic mass is 16.3. The molecule has 1 unspecified atom stereocenters. The van der Waals surface area contributed by atoms with E-state index in [2.05, 4.69) is 26.1 Å². The summed E-state index contributed by atoms with van der Waals surface area (Å²) in [6.45, 7) is 7.65. The Balaban J connectivity index is 2.27. The molecule has 1 heterocycles. The molecule has 1 aromatic rings. The van der Waals surface area contributed by atoms with Gasteiger partial charge in [-0.3, -0.25) is 0 Å². The zero-order valence-electron chi connectivity index (χ0n) is 11.2. The number of hydrogen-bond donors (Lipinski definition) is 2. The molecule has 0 spiro atoms. The maximum Gasteiger partial charge on any atom is 0.117 e. The quantitative estimate of drug-likeness (QED) is 0.733. The first kappa shape index (κ1) is 14.3. The highest BCUT2D eigenvalue weighted by Gasteiger charge is 2.14. The topological polar surface area (TPSA) is 45.4 Å². The van der Waals surface area contributed by atoms with Crippen LogP contribution in [0.1, 0.15) is 45.1 Å². The maximum atomic E-state index is 9.95. The van der Waals surface area contributed by atoms with Gasteiger partial charge >= 0.3 is 0 Å². The van der Waals surface area contributed by atoms with Gasteiger partial charge in [-0.15, -0.1) is 0 Å². The predicted molar refractivity (Wildman–Crippen MR) is 69.9 cm³/mol. The first-order valence-electron chi connectivity index (χ1n) is 6.67. The molecule has 0 fully saturated rings. The van der Waals surface area contributed by atoms with Gasteiger partial charge in [-0.25, -0.2) is 0 Å². The molecule has 0 amide bonds. The molecule has 0 aliphatic rings. The summed E-state index contributed by atoms with van der Waals surface area (Å²) in [4.78, 5) is 0. The molecular formula is C14H25NO2. The van der Waals surface area contributed by atoms with E-state index in [1.165, 1.54) is 0 Å². The van der Waals surface area contributed by atoms with Crippen LogP contribution in [0.5, 0.6) is 0 Å². The lowest BCUT2D eigenvalue weighted by Gasteiger charge is -2.20. The minimum Gasteiger partial charge on any atom is -0.465 e. The third kappa shape index (κ3) is 4.52. The van der Waals surface area contributed by atoms with Crippen molar-refractivity contribution in [2.75, 3.05) is 6.54 Å². The summed E-state index contributed by atoms with van der Waals surface area (Å²) in [5.74, 6) is 2.35. The second-order valence-corrected chi connectivity index (χ2v) is 4.50. The van der Waals surface area contributed by atoms with Gasteiger partial charge in [0.1, 0.15) is 11.5 Å². The summed E-state index contributed by atoms with van der Waals surface area (Å²) in [6, 6.07) is 4.00. The first-order chi connectivity index (χ1) is 8.21. The molecule has 1 aromatic heterocycles. The van der Waals surface area contributed by atoms with Crippen LogP contribution in [0, 0.1) is 5.92 Å². The molecule has 1 atom stereocenters. The van der Waals surface area contributed by atoms with E-state index in [0.29, 0.717) is 19.0 Å². The van der Waals surface area contributed by atoms with E-state index >= 15 is 0 Å². The van der Waals surface area contributed by atoms with Crippen LogP contribution in [-0.4, -0.2) is 17.8 Å². The summed E-state index contributed by atoms with van der Waals surface area (Å²) in [5, 5.41) is 13.2. The Morgan fingerprint density at radius 2 is 1.82 bits per heavy atom. The molecule has 0 aromatic carbocycles. The molecular weight excluding hydrogens is 214 g/mol. The van der Waals surface area contributed by atoms with E-state index < -0.39 is 0 Å². The van der Waals surface area contributed by atoms with E-state index in [1.807, 2.05) is 12.1 Å². The van der Waals surface area contributed by atoms with Crippen LogP contribution in [0.3, 0.4) is 0 Å². The minimum absolute atomic E-state index is 0.259. The molecule has 17 heavy (non-hydrogen) atoms. The van der Waals surface area contributed by atoms with E-state index in [4.69, 9.17) is 4.42 Å². The second-order valence-electron chi connectivity index (χ2n) is 4.50. The number of aliphatic hydroxyl groups excluding tert-OH is 1. The Morgan fingerprint density at radius 3 is 2.35 bits per heavy atom. The maximum absolute atomic E-state index is 9.95. The third-order valence-corrected chi connectivity index (χ3v) is 3.31. The highest BCUT2D eigenvalue weighted by molar-refractivity contribution is 5.06. The van der Waals surface area contributed by atoms with Crippen LogP contribution in [0.2, 0.25) is 0 Å². The average molecular weight is 239 g/mol. The third-order valence-electron chi connectivity index (χ3n) is 3.31. The summed E-state index contributed by atoms with van der Waals surface area (Å²) >= 11 is 0. The largest absolute Gasteiger partial charge is 0.465 e. The number of aliphatic hydroxyl groups is 1. The lowest BCUT2D eigenvalue weighted by Crippen LogP contribution is -2.32. The second kappa shape index (κ2) is 7.51. The van der Waals surface area contributed by atoms with Crippen LogP contribution in [0.25, 0.3) is 0 Å². The Bertz CT molecular complexity index is 305. The number of nitrogens with one attached hydrogen (secondary N) is 1. The van der Waals surface area contributed by atoms with Crippen molar-refractivity contribution in [2.24, 2.45) is 5.92 Å². The summed E-state index contributed by atoms with van der Waals surface area (Å²) in [6.07, 6.45) is 2.72. The van der Waals surface area contributed by atoms with Crippen molar-refractivity contribution in [2.45, 2.75) is 52.7 Å². The van der Waals surface area contributed by atoms with E-state index in [9.17, 15) is 5.11 Å². The summed E-state index contributed by atoms with van der Waals surface area (Å²) in [5.41, 5.74) is 0. The molecule has 0 bridgehead atoms. The Hall–Kier alpha value is -0.800. The zero-order chi connectivity index (χ0) is 12.7. The van der Waals surface area contributed by atoms with Gasteiger partial charge in [0.25, 0.3) is 0 Å². The summed E-state index contributed by atoms with van der Waals surface area (Å²) < 4.78 is 5.58.